The molecule has 1 aliphatic rings. The summed E-state index contributed by atoms with van der Waals surface area (Å²) < 4.78 is 1.87. The van der Waals surface area contributed by atoms with E-state index in [1.807, 2.05) is 17.7 Å². The maximum absolute atomic E-state index is 6.07. The zero-order valence-corrected chi connectivity index (χ0v) is 17.6. The first-order chi connectivity index (χ1) is 10.6. The monoisotopic (exact) mass is 473 g/mol. The number of guanidine groups is 1. The van der Waals surface area contributed by atoms with Crippen molar-refractivity contribution < 1.29 is 0 Å². The van der Waals surface area contributed by atoms with Crippen LogP contribution in [0.4, 0.5) is 0 Å². The Labute approximate surface area is 165 Å². The highest BCUT2D eigenvalue weighted by molar-refractivity contribution is 14.0. The van der Waals surface area contributed by atoms with Gasteiger partial charge in [-0.25, -0.2) is 0 Å². The number of nitrogens with zero attached hydrogens (tertiary/aromatic N) is 3. The van der Waals surface area contributed by atoms with Crippen molar-refractivity contribution in [2.24, 2.45) is 12.0 Å². The van der Waals surface area contributed by atoms with E-state index in [9.17, 15) is 0 Å². The summed E-state index contributed by atoms with van der Waals surface area (Å²) in [7, 11) is 3.68. The number of likely N-dealkylation sites (tertiary alicyclic amines) is 1. The molecule has 0 unspecified atom stereocenters. The summed E-state index contributed by atoms with van der Waals surface area (Å²) in [6, 6.07) is 1.87. The molecule has 0 amide bonds. The molecule has 1 aromatic rings. The minimum absolute atomic E-state index is 0. The number of halogens is 3. The van der Waals surface area contributed by atoms with Crippen LogP contribution in [0.2, 0.25) is 10.2 Å². The maximum Gasteiger partial charge on any atom is 0.191 e. The molecule has 0 bridgehead atoms. The molecule has 0 aromatic carbocycles. The Hall–Kier alpha value is -0.180. The van der Waals surface area contributed by atoms with E-state index in [1.165, 1.54) is 32.4 Å². The van der Waals surface area contributed by atoms with E-state index < -0.39 is 0 Å². The molecule has 0 saturated carbocycles. The molecular weight excluding hydrogens is 448 g/mol. The molecule has 2 heterocycles. The van der Waals surface area contributed by atoms with Crippen LogP contribution in [-0.2, 0) is 13.6 Å². The summed E-state index contributed by atoms with van der Waals surface area (Å²) >= 11 is 12.1. The summed E-state index contributed by atoms with van der Waals surface area (Å²) in [5.74, 6) is 0.797. The van der Waals surface area contributed by atoms with Crippen LogP contribution in [0.5, 0.6) is 0 Å². The van der Waals surface area contributed by atoms with Gasteiger partial charge in [0.15, 0.2) is 5.96 Å². The predicted molar refractivity (Wildman–Crippen MR) is 109 cm³/mol. The van der Waals surface area contributed by atoms with Crippen molar-refractivity contribution in [3.05, 3.63) is 21.9 Å². The SMILES string of the molecule is CN=C(NCCN1CCCCC1)NCc1cc(Cl)c(Cl)n1C.I. The average molecular weight is 474 g/mol. The first-order valence-electron chi connectivity index (χ1n) is 7.78. The smallest absolute Gasteiger partial charge is 0.191 e. The standard InChI is InChI=1S/C15H25Cl2N5.HI/c1-18-15(19-6-9-22-7-4-3-5-8-22)20-11-12-10-13(16)14(17)21(12)2;/h10H,3-9,11H2,1-2H3,(H2,18,19,20);1H. The third-order valence-electron chi connectivity index (χ3n) is 4.05. The van der Waals surface area contributed by atoms with Crippen molar-refractivity contribution in [2.75, 3.05) is 33.2 Å². The highest BCUT2D eigenvalue weighted by Crippen LogP contribution is 2.24. The van der Waals surface area contributed by atoms with Crippen molar-refractivity contribution in [1.29, 1.82) is 0 Å². The fourth-order valence-electron chi connectivity index (χ4n) is 2.67. The van der Waals surface area contributed by atoms with Crippen LogP contribution in [0.15, 0.2) is 11.1 Å². The van der Waals surface area contributed by atoms with Gasteiger partial charge in [0.25, 0.3) is 0 Å². The second kappa shape index (κ2) is 10.6. The van der Waals surface area contributed by atoms with E-state index in [4.69, 9.17) is 23.2 Å². The lowest BCUT2D eigenvalue weighted by Crippen LogP contribution is -2.42. The number of aromatic nitrogens is 1. The molecule has 0 spiro atoms. The van der Waals surface area contributed by atoms with E-state index in [0.29, 0.717) is 16.7 Å². The first-order valence-corrected chi connectivity index (χ1v) is 8.54. The molecule has 2 N–H and O–H groups in total. The highest BCUT2D eigenvalue weighted by atomic mass is 127. The number of piperidine rings is 1. The van der Waals surface area contributed by atoms with Gasteiger partial charge >= 0.3 is 0 Å². The third-order valence-corrected chi connectivity index (χ3v) is 4.89. The van der Waals surface area contributed by atoms with Crippen LogP contribution >= 0.6 is 47.2 Å². The Morgan fingerprint density at radius 2 is 1.91 bits per heavy atom. The van der Waals surface area contributed by atoms with Gasteiger partial charge in [0.05, 0.1) is 11.6 Å². The van der Waals surface area contributed by atoms with Crippen LogP contribution < -0.4 is 10.6 Å². The summed E-state index contributed by atoms with van der Waals surface area (Å²) in [5, 5.41) is 7.78. The second-order valence-corrected chi connectivity index (χ2v) is 6.35. The minimum Gasteiger partial charge on any atom is -0.355 e. The lowest BCUT2D eigenvalue weighted by Gasteiger charge is -2.26. The van der Waals surface area contributed by atoms with Crippen molar-refractivity contribution in [2.45, 2.75) is 25.8 Å². The maximum atomic E-state index is 6.07. The quantitative estimate of drug-likeness (QED) is 0.392. The van der Waals surface area contributed by atoms with Gasteiger partial charge in [-0.2, -0.15) is 0 Å². The van der Waals surface area contributed by atoms with Crippen molar-refractivity contribution >= 4 is 53.1 Å². The van der Waals surface area contributed by atoms with Crippen molar-refractivity contribution in [3.63, 3.8) is 0 Å². The number of aliphatic imine (C=N–C) groups is 1. The largest absolute Gasteiger partial charge is 0.355 e. The molecule has 1 aliphatic heterocycles. The molecule has 5 nitrogen and oxygen atoms in total. The van der Waals surface area contributed by atoms with Gasteiger partial charge in [-0.3, -0.25) is 4.99 Å². The molecule has 132 valence electrons. The normalized spacial score (nSPS) is 16.1. The molecule has 23 heavy (non-hydrogen) atoms. The van der Waals surface area contributed by atoms with E-state index in [1.54, 1.807) is 7.05 Å². The van der Waals surface area contributed by atoms with E-state index in [2.05, 4.69) is 20.5 Å². The average Bonchev–Trinajstić information content (AvgIpc) is 2.79. The summed E-state index contributed by atoms with van der Waals surface area (Å²) in [6.45, 7) is 5.02. The minimum atomic E-state index is 0. The number of nitrogens with one attached hydrogen (secondary N) is 2. The molecule has 1 saturated heterocycles. The Kier molecular flexibility index (Phi) is 9.65. The zero-order valence-electron chi connectivity index (χ0n) is 13.7. The molecule has 1 fully saturated rings. The Bertz CT molecular complexity index is 512. The third kappa shape index (κ3) is 6.32. The Morgan fingerprint density at radius 3 is 2.48 bits per heavy atom. The topological polar surface area (TPSA) is 44.6 Å². The molecule has 2 rings (SSSR count). The zero-order chi connectivity index (χ0) is 15.9. The number of hydrogen-bond acceptors (Lipinski definition) is 2. The summed E-state index contributed by atoms with van der Waals surface area (Å²) in [4.78, 5) is 6.75. The van der Waals surface area contributed by atoms with Crippen LogP contribution in [0.3, 0.4) is 0 Å². The van der Waals surface area contributed by atoms with Crippen LogP contribution in [0, 0.1) is 0 Å². The summed E-state index contributed by atoms with van der Waals surface area (Å²) in [6.07, 6.45) is 4.01. The lowest BCUT2D eigenvalue weighted by atomic mass is 10.1. The molecule has 0 aliphatic carbocycles. The van der Waals surface area contributed by atoms with Crippen molar-refractivity contribution in [3.8, 4) is 0 Å². The van der Waals surface area contributed by atoms with Gasteiger partial charge in [-0.05, 0) is 32.0 Å². The lowest BCUT2D eigenvalue weighted by molar-refractivity contribution is 0.232. The fourth-order valence-corrected chi connectivity index (χ4v) is 3.08. The second-order valence-electron chi connectivity index (χ2n) is 5.59. The van der Waals surface area contributed by atoms with Crippen molar-refractivity contribution in [1.82, 2.24) is 20.1 Å². The molecule has 0 atom stereocenters. The van der Waals surface area contributed by atoms with Crippen LogP contribution in [0.1, 0.15) is 25.0 Å². The van der Waals surface area contributed by atoms with Gasteiger partial charge in [0.1, 0.15) is 5.15 Å². The van der Waals surface area contributed by atoms with E-state index >= 15 is 0 Å². The Morgan fingerprint density at radius 1 is 1.22 bits per heavy atom. The number of rotatable bonds is 5. The molecule has 1 aromatic heterocycles. The number of hydrogen-bond donors (Lipinski definition) is 2. The summed E-state index contributed by atoms with van der Waals surface area (Å²) in [5.41, 5.74) is 1.02. The highest BCUT2D eigenvalue weighted by Gasteiger charge is 2.11. The van der Waals surface area contributed by atoms with Gasteiger partial charge in [0, 0.05) is 32.9 Å². The predicted octanol–water partition coefficient (Wildman–Crippen LogP) is 3.10. The van der Waals surface area contributed by atoms with Gasteiger partial charge in [-0.1, -0.05) is 29.6 Å². The van der Waals surface area contributed by atoms with E-state index in [-0.39, 0.29) is 24.0 Å². The van der Waals surface area contributed by atoms with Gasteiger partial charge < -0.3 is 20.1 Å². The molecule has 8 heteroatoms. The molecule has 0 radical (unpaired) electrons. The van der Waals surface area contributed by atoms with Gasteiger partial charge in [0.2, 0.25) is 0 Å². The van der Waals surface area contributed by atoms with Crippen LogP contribution in [0.25, 0.3) is 0 Å². The molecular formula is C15H26Cl2IN5. The van der Waals surface area contributed by atoms with Crippen LogP contribution in [-0.4, -0.2) is 48.7 Å². The van der Waals surface area contributed by atoms with E-state index in [0.717, 1.165) is 24.7 Å². The van der Waals surface area contributed by atoms with Gasteiger partial charge in [-0.15, -0.1) is 24.0 Å². The first kappa shape index (κ1) is 20.9. The Balaban J connectivity index is 0.00000264. The fraction of sp³-hybridized carbons (Fsp3) is 0.667.